The van der Waals surface area contributed by atoms with Gasteiger partial charge in [0.25, 0.3) is 0 Å². The normalized spacial score (nSPS) is 33.6. The highest BCUT2D eigenvalue weighted by Gasteiger charge is 2.55. The summed E-state index contributed by atoms with van der Waals surface area (Å²) in [6.45, 7) is 0.103. The number of fused-ring (bicyclic) bond motifs is 2. The molecular weight excluding hydrogens is 268 g/mol. The van der Waals surface area contributed by atoms with Gasteiger partial charge in [0.05, 0.1) is 18.8 Å². The summed E-state index contributed by atoms with van der Waals surface area (Å²) in [5.41, 5.74) is 0.754. The second kappa shape index (κ2) is 5.79. The van der Waals surface area contributed by atoms with Crippen LogP contribution >= 0.6 is 0 Å². The van der Waals surface area contributed by atoms with Crippen molar-refractivity contribution < 1.29 is 19.7 Å². The highest BCUT2D eigenvalue weighted by atomic mass is 16.5. The predicted octanol–water partition coefficient (Wildman–Crippen LogP) is 1.55. The summed E-state index contributed by atoms with van der Waals surface area (Å²) in [6, 6.07) is 8.01. The van der Waals surface area contributed by atoms with E-state index in [9.17, 15) is 10.2 Å². The molecule has 1 aromatic rings. The van der Waals surface area contributed by atoms with Gasteiger partial charge in [-0.2, -0.15) is 0 Å². The summed E-state index contributed by atoms with van der Waals surface area (Å²) in [7, 11) is 1.66. The molecule has 0 aliphatic carbocycles. The first-order valence-electron chi connectivity index (χ1n) is 7.44. The van der Waals surface area contributed by atoms with Crippen LogP contribution < -0.4 is 4.74 Å². The Bertz CT molecular complexity index is 527. The molecule has 4 heteroatoms. The summed E-state index contributed by atoms with van der Waals surface area (Å²) in [5.74, 6) is 0.831. The Morgan fingerprint density at radius 2 is 2.14 bits per heavy atom. The van der Waals surface area contributed by atoms with Crippen molar-refractivity contribution in [3.05, 3.63) is 42.0 Å². The van der Waals surface area contributed by atoms with Crippen molar-refractivity contribution in [1.82, 2.24) is 0 Å². The Kier molecular flexibility index (Phi) is 4.02. The van der Waals surface area contributed by atoms with Crippen molar-refractivity contribution in [3.8, 4) is 5.75 Å². The fourth-order valence-corrected chi connectivity index (χ4v) is 3.64. The van der Waals surface area contributed by atoms with E-state index < -0.39 is 5.60 Å². The molecule has 4 nitrogen and oxygen atoms in total. The zero-order chi connectivity index (χ0) is 14.9. The average molecular weight is 290 g/mol. The van der Waals surface area contributed by atoms with Gasteiger partial charge in [-0.1, -0.05) is 24.3 Å². The largest absolute Gasteiger partial charge is 0.497 e. The van der Waals surface area contributed by atoms with E-state index in [4.69, 9.17) is 9.47 Å². The molecule has 2 bridgehead atoms. The van der Waals surface area contributed by atoms with Crippen LogP contribution in [0.5, 0.6) is 5.75 Å². The maximum Gasteiger partial charge on any atom is 0.119 e. The minimum absolute atomic E-state index is 0.00492. The molecule has 2 aliphatic heterocycles. The number of aliphatic hydroxyl groups excluding tert-OH is 2. The Labute approximate surface area is 125 Å². The molecule has 0 spiro atoms. The van der Waals surface area contributed by atoms with Crippen molar-refractivity contribution in [1.29, 1.82) is 0 Å². The van der Waals surface area contributed by atoms with E-state index in [0.717, 1.165) is 18.6 Å². The quantitative estimate of drug-likeness (QED) is 0.781. The molecule has 1 fully saturated rings. The average Bonchev–Trinajstić information content (AvgIpc) is 3.08. The van der Waals surface area contributed by atoms with Crippen LogP contribution in [0.3, 0.4) is 0 Å². The second-order valence-corrected chi connectivity index (χ2v) is 5.88. The third kappa shape index (κ3) is 2.48. The van der Waals surface area contributed by atoms with E-state index in [-0.39, 0.29) is 31.2 Å². The van der Waals surface area contributed by atoms with Gasteiger partial charge >= 0.3 is 0 Å². The number of methoxy groups -OCH3 is 1. The highest BCUT2D eigenvalue weighted by Crippen LogP contribution is 2.49. The molecule has 1 aromatic carbocycles. The van der Waals surface area contributed by atoms with Crippen LogP contribution in [0.1, 0.15) is 12.0 Å². The summed E-state index contributed by atoms with van der Waals surface area (Å²) in [6.07, 6.45) is 5.69. The molecule has 114 valence electrons. The molecule has 0 aromatic heterocycles. The first-order chi connectivity index (χ1) is 10.2. The molecule has 4 atom stereocenters. The topological polar surface area (TPSA) is 58.9 Å². The third-order valence-electron chi connectivity index (χ3n) is 4.84. The summed E-state index contributed by atoms with van der Waals surface area (Å²) >= 11 is 0. The lowest BCUT2D eigenvalue weighted by molar-refractivity contribution is -0.00549. The lowest BCUT2D eigenvalue weighted by Crippen LogP contribution is -2.39. The van der Waals surface area contributed by atoms with Crippen LogP contribution in [0.4, 0.5) is 0 Å². The first kappa shape index (κ1) is 14.6. The maximum absolute atomic E-state index is 9.69. The van der Waals surface area contributed by atoms with Crippen molar-refractivity contribution in [2.24, 2.45) is 11.8 Å². The van der Waals surface area contributed by atoms with Gasteiger partial charge in [0.2, 0.25) is 0 Å². The van der Waals surface area contributed by atoms with E-state index in [1.165, 1.54) is 5.56 Å². The number of ether oxygens (including phenoxy) is 2. The van der Waals surface area contributed by atoms with E-state index in [0.29, 0.717) is 0 Å². The van der Waals surface area contributed by atoms with Crippen LogP contribution in [0.15, 0.2) is 36.4 Å². The zero-order valence-corrected chi connectivity index (χ0v) is 12.2. The van der Waals surface area contributed by atoms with Crippen LogP contribution in [-0.4, -0.2) is 42.2 Å². The molecule has 2 N–H and O–H groups in total. The lowest BCUT2D eigenvalue weighted by atomic mass is 9.74. The van der Waals surface area contributed by atoms with Crippen molar-refractivity contribution in [3.63, 3.8) is 0 Å². The van der Waals surface area contributed by atoms with E-state index in [1.54, 1.807) is 7.11 Å². The van der Waals surface area contributed by atoms with Gasteiger partial charge in [-0.15, -0.1) is 0 Å². The highest BCUT2D eigenvalue weighted by molar-refractivity contribution is 5.30. The fraction of sp³-hybridized carbons (Fsp3) is 0.529. The van der Waals surface area contributed by atoms with Gasteiger partial charge in [0.15, 0.2) is 0 Å². The van der Waals surface area contributed by atoms with E-state index in [1.807, 2.05) is 24.3 Å². The van der Waals surface area contributed by atoms with Crippen LogP contribution in [0.2, 0.25) is 0 Å². The molecule has 2 heterocycles. The molecule has 2 aliphatic rings. The van der Waals surface area contributed by atoms with E-state index in [2.05, 4.69) is 12.1 Å². The number of aliphatic hydroxyl groups is 2. The smallest absolute Gasteiger partial charge is 0.119 e. The minimum atomic E-state index is -0.435. The first-order valence-corrected chi connectivity index (χ1v) is 7.44. The van der Waals surface area contributed by atoms with Gasteiger partial charge in [0, 0.05) is 25.0 Å². The van der Waals surface area contributed by atoms with Gasteiger partial charge in [-0.05, 0) is 30.5 Å². The van der Waals surface area contributed by atoms with Gasteiger partial charge in [0.1, 0.15) is 5.75 Å². The van der Waals surface area contributed by atoms with Crippen molar-refractivity contribution in [2.75, 3.05) is 20.3 Å². The maximum atomic E-state index is 9.69. The number of hydrogen-bond acceptors (Lipinski definition) is 4. The molecule has 1 saturated heterocycles. The molecular formula is C17H22O4. The Morgan fingerprint density at radius 3 is 2.86 bits per heavy atom. The number of aryl methyl sites for hydroxylation is 1. The molecule has 21 heavy (non-hydrogen) atoms. The monoisotopic (exact) mass is 290 g/mol. The minimum Gasteiger partial charge on any atom is -0.497 e. The van der Waals surface area contributed by atoms with Gasteiger partial charge in [-0.25, -0.2) is 0 Å². The molecule has 0 saturated carbocycles. The summed E-state index contributed by atoms with van der Waals surface area (Å²) in [4.78, 5) is 0. The number of rotatable bonds is 6. The number of hydrogen-bond donors (Lipinski definition) is 2. The molecule has 0 amide bonds. The predicted molar refractivity (Wildman–Crippen MR) is 79.2 cm³/mol. The molecule has 0 unspecified atom stereocenters. The Hall–Kier alpha value is -1.36. The van der Waals surface area contributed by atoms with E-state index >= 15 is 0 Å². The summed E-state index contributed by atoms with van der Waals surface area (Å²) < 4.78 is 11.3. The summed E-state index contributed by atoms with van der Waals surface area (Å²) in [5, 5.41) is 19.2. The van der Waals surface area contributed by atoms with Crippen molar-refractivity contribution >= 4 is 0 Å². The van der Waals surface area contributed by atoms with Crippen molar-refractivity contribution in [2.45, 2.75) is 24.5 Å². The lowest BCUT2D eigenvalue weighted by Gasteiger charge is -2.32. The van der Waals surface area contributed by atoms with Crippen LogP contribution in [-0.2, 0) is 11.2 Å². The Balaban J connectivity index is 1.73. The standard InChI is InChI=1S/C17H22O4/c1-20-13-4-2-3-12(9-13)5-7-17-8-6-16(21-17)14(10-18)15(17)11-19/h2-4,6,8-9,14-16,18-19H,5,7,10-11H2,1H3/t14-,15+,16+,17-/m0/s1. The molecule has 3 rings (SSSR count). The van der Waals surface area contributed by atoms with Gasteiger partial charge < -0.3 is 19.7 Å². The van der Waals surface area contributed by atoms with Crippen LogP contribution in [0, 0.1) is 11.8 Å². The second-order valence-electron chi connectivity index (χ2n) is 5.88. The number of benzene rings is 1. The molecule has 0 radical (unpaired) electrons. The Morgan fingerprint density at radius 1 is 1.29 bits per heavy atom. The fourth-order valence-electron chi connectivity index (χ4n) is 3.64. The third-order valence-corrected chi connectivity index (χ3v) is 4.84. The van der Waals surface area contributed by atoms with Gasteiger partial charge in [-0.3, -0.25) is 0 Å². The SMILES string of the molecule is COc1cccc(CC[C@@]23C=C[C@@H](O2)[C@@H](CO)[C@H]3CO)c1. The zero-order valence-electron chi connectivity index (χ0n) is 12.2. The van der Waals surface area contributed by atoms with Crippen LogP contribution in [0.25, 0.3) is 0 Å².